The van der Waals surface area contributed by atoms with Crippen molar-refractivity contribution < 1.29 is 23.9 Å². The zero-order valence-electron chi connectivity index (χ0n) is 35.2. The summed E-state index contributed by atoms with van der Waals surface area (Å²) in [6, 6.07) is 0. The summed E-state index contributed by atoms with van der Waals surface area (Å²) < 4.78 is 11.5. The van der Waals surface area contributed by atoms with Gasteiger partial charge >= 0.3 is 11.9 Å². The molecule has 6 nitrogen and oxygen atoms in total. The number of unbranched alkanes of at least 4 members (excludes halogenated alkanes) is 25. The van der Waals surface area contributed by atoms with Crippen LogP contribution in [0.15, 0.2) is 0 Å². The van der Waals surface area contributed by atoms with Crippen LogP contribution in [0.3, 0.4) is 0 Å². The molecule has 0 fully saturated rings. The van der Waals surface area contributed by atoms with E-state index in [0.717, 1.165) is 96.5 Å². The first-order valence-corrected chi connectivity index (χ1v) is 23.1. The van der Waals surface area contributed by atoms with E-state index in [1.54, 1.807) is 0 Å². The van der Waals surface area contributed by atoms with Crippen molar-refractivity contribution in [2.75, 3.05) is 26.2 Å². The van der Waals surface area contributed by atoms with Gasteiger partial charge in [0.2, 0.25) is 0 Å². The van der Waals surface area contributed by atoms with Crippen molar-refractivity contribution >= 4 is 18.2 Å². The van der Waals surface area contributed by atoms with Gasteiger partial charge in [-0.2, -0.15) is 0 Å². The van der Waals surface area contributed by atoms with Crippen LogP contribution in [0.2, 0.25) is 0 Å². The Labute approximate surface area is 324 Å². The Morgan fingerprint density at radius 2 is 0.846 bits per heavy atom. The predicted molar refractivity (Wildman–Crippen MR) is 222 cm³/mol. The van der Waals surface area contributed by atoms with E-state index in [1.165, 1.54) is 135 Å². The Morgan fingerprint density at radius 1 is 0.462 bits per heavy atom. The molecular formula is C46H89NO5. The lowest BCUT2D eigenvalue weighted by Crippen LogP contribution is -2.27. The van der Waals surface area contributed by atoms with Crippen LogP contribution in [0.4, 0.5) is 0 Å². The van der Waals surface area contributed by atoms with Gasteiger partial charge in [0, 0.05) is 25.8 Å². The number of carbonyl (C=O) groups is 3. The Bertz CT molecular complexity index is 743. The lowest BCUT2D eigenvalue weighted by molar-refractivity contribution is -0.150. The standard InChI is InChI=1S/C46H89NO5/c1-4-7-10-13-16-17-26-33-43-51-45(49)37-29-22-18-24-31-39-47(41-34-42-48)40-32-25-19-23-30-38-46(50)52-44(35-27-20-14-11-8-5-2)36-28-21-15-12-9-6-3/h42,44H,4-41,43H2,1-3H3. The van der Waals surface area contributed by atoms with Crippen LogP contribution < -0.4 is 0 Å². The van der Waals surface area contributed by atoms with Gasteiger partial charge in [0.1, 0.15) is 12.4 Å². The van der Waals surface area contributed by atoms with Crippen LogP contribution in [0.25, 0.3) is 0 Å². The molecule has 0 aromatic carbocycles. The second-order valence-electron chi connectivity index (χ2n) is 15.8. The van der Waals surface area contributed by atoms with Crippen molar-refractivity contribution in [1.29, 1.82) is 0 Å². The van der Waals surface area contributed by atoms with E-state index in [9.17, 15) is 14.4 Å². The molecule has 0 atom stereocenters. The zero-order chi connectivity index (χ0) is 38.0. The summed E-state index contributed by atoms with van der Waals surface area (Å²) in [5.74, 6) is -0.0230. The van der Waals surface area contributed by atoms with Gasteiger partial charge in [-0.15, -0.1) is 0 Å². The highest BCUT2D eigenvalue weighted by molar-refractivity contribution is 5.69. The Morgan fingerprint density at radius 3 is 1.31 bits per heavy atom. The summed E-state index contributed by atoms with van der Waals surface area (Å²) >= 11 is 0. The molecule has 0 amide bonds. The van der Waals surface area contributed by atoms with Gasteiger partial charge in [0.05, 0.1) is 6.61 Å². The fourth-order valence-electron chi connectivity index (χ4n) is 7.15. The average Bonchev–Trinajstić information content (AvgIpc) is 3.14. The summed E-state index contributed by atoms with van der Waals surface area (Å²) in [4.78, 5) is 38.2. The van der Waals surface area contributed by atoms with E-state index < -0.39 is 0 Å². The van der Waals surface area contributed by atoms with Crippen LogP contribution in [-0.4, -0.2) is 55.5 Å². The number of hydrogen-bond acceptors (Lipinski definition) is 6. The molecule has 0 aromatic heterocycles. The summed E-state index contributed by atoms with van der Waals surface area (Å²) in [6.45, 7) is 10.3. The monoisotopic (exact) mass is 736 g/mol. The Balaban J connectivity index is 4.01. The van der Waals surface area contributed by atoms with Gasteiger partial charge < -0.3 is 19.2 Å². The number of rotatable bonds is 43. The second kappa shape index (κ2) is 42.3. The van der Waals surface area contributed by atoms with E-state index in [-0.39, 0.29) is 18.0 Å². The molecule has 0 heterocycles. The molecule has 0 aliphatic heterocycles. The molecule has 0 bridgehead atoms. The SMILES string of the molecule is CCCCCCCCCCOC(=O)CCCCCCCN(CCC=O)CCCCCCCC(=O)OC(CCCCCCCC)CCCCCCCC. The highest BCUT2D eigenvalue weighted by atomic mass is 16.5. The third-order valence-electron chi connectivity index (χ3n) is 10.6. The number of ether oxygens (including phenoxy) is 2. The second-order valence-corrected chi connectivity index (χ2v) is 15.8. The van der Waals surface area contributed by atoms with E-state index in [0.29, 0.717) is 25.9 Å². The van der Waals surface area contributed by atoms with Crippen molar-refractivity contribution in [2.24, 2.45) is 0 Å². The molecule has 0 aliphatic rings. The number of esters is 2. The largest absolute Gasteiger partial charge is 0.466 e. The smallest absolute Gasteiger partial charge is 0.306 e. The molecule has 0 spiro atoms. The van der Waals surface area contributed by atoms with E-state index in [2.05, 4.69) is 25.7 Å². The lowest BCUT2D eigenvalue weighted by Gasteiger charge is -2.21. The van der Waals surface area contributed by atoms with Gasteiger partial charge in [-0.1, -0.05) is 168 Å². The van der Waals surface area contributed by atoms with Crippen molar-refractivity contribution in [3.63, 3.8) is 0 Å². The minimum atomic E-state index is -0.0332. The fourth-order valence-corrected chi connectivity index (χ4v) is 7.15. The maximum absolute atomic E-state index is 12.7. The van der Waals surface area contributed by atoms with Crippen molar-refractivity contribution in [2.45, 2.75) is 252 Å². The average molecular weight is 736 g/mol. The maximum atomic E-state index is 12.7. The van der Waals surface area contributed by atoms with Gasteiger partial charge in [-0.3, -0.25) is 9.59 Å². The third-order valence-corrected chi connectivity index (χ3v) is 10.6. The first kappa shape index (κ1) is 50.6. The number of carbonyl (C=O) groups excluding carboxylic acids is 3. The number of nitrogens with zero attached hydrogens (tertiary/aromatic N) is 1. The third kappa shape index (κ3) is 38.3. The molecule has 0 radical (unpaired) electrons. The molecule has 0 aliphatic carbocycles. The summed E-state index contributed by atoms with van der Waals surface area (Å²) in [5.41, 5.74) is 0. The van der Waals surface area contributed by atoms with Crippen LogP contribution in [0.1, 0.15) is 245 Å². The van der Waals surface area contributed by atoms with Gasteiger partial charge in [-0.05, 0) is 70.9 Å². The predicted octanol–water partition coefficient (Wildman–Crippen LogP) is 13.7. The molecule has 52 heavy (non-hydrogen) atoms. The fraction of sp³-hybridized carbons (Fsp3) is 0.935. The topological polar surface area (TPSA) is 72.9 Å². The first-order chi connectivity index (χ1) is 25.6. The maximum Gasteiger partial charge on any atom is 0.306 e. The molecule has 0 N–H and O–H groups in total. The normalized spacial score (nSPS) is 11.5. The van der Waals surface area contributed by atoms with Crippen LogP contribution >= 0.6 is 0 Å². The highest BCUT2D eigenvalue weighted by Gasteiger charge is 2.14. The van der Waals surface area contributed by atoms with Crippen LogP contribution in [0, 0.1) is 0 Å². The molecule has 0 saturated heterocycles. The van der Waals surface area contributed by atoms with Crippen LogP contribution in [0.5, 0.6) is 0 Å². The molecule has 0 unspecified atom stereocenters. The number of aldehydes is 1. The summed E-state index contributed by atoms with van der Waals surface area (Å²) in [6.07, 6.45) is 41.2. The molecular weight excluding hydrogens is 647 g/mol. The number of hydrogen-bond donors (Lipinski definition) is 0. The molecule has 6 heteroatoms. The molecule has 0 rings (SSSR count). The van der Waals surface area contributed by atoms with E-state index in [4.69, 9.17) is 9.47 Å². The van der Waals surface area contributed by atoms with Gasteiger partial charge in [-0.25, -0.2) is 0 Å². The minimum Gasteiger partial charge on any atom is -0.466 e. The van der Waals surface area contributed by atoms with Crippen LogP contribution in [-0.2, 0) is 23.9 Å². The highest BCUT2D eigenvalue weighted by Crippen LogP contribution is 2.18. The van der Waals surface area contributed by atoms with Crippen molar-refractivity contribution in [1.82, 2.24) is 4.90 Å². The van der Waals surface area contributed by atoms with Crippen molar-refractivity contribution in [3.05, 3.63) is 0 Å². The zero-order valence-corrected chi connectivity index (χ0v) is 35.2. The minimum absolute atomic E-state index is 0.0102. The van der Waals surface area contributed by atoms with Gasteiger partial charge in [0.15, 0.2) is 0 Å². The summed E-state index contributed by atoms with van der Waals surface area (Å²) in [7, 11) is 0. The van der Waals surface area contributed by atoms with Gasteiger partial charge in [0.25, 0.3) is 0 Å². The first-order valence-electron chi connectivity index (χ1n) is 23.1. The summed E-state index contributed by atoms with van der Waals surface area (Å²) in [5, 5.41) is 0. The molecule has 0 saturated carbocycles. The van der Waals surface area contributed by atoms with Crippen molar-refractivity contribution in [3.8, 4) is 0 Å². The Kier molecular flexibility index (Phi) is 41.1. The molecule has 0 aromatic rings. The van der Waals surface area contributed by atoms with E-state index >= 15 is 0 Å². The van der Waals surface area contributed by atoms with E-state index in [1.807, 2.05) is 0 Å². The Hall–Kier alpha value is -1.43. The quantitative estimate of drug-likeness (QED) is 0.0353. The lowest BCUT2D eigenvalue weighted by atomic mass is 10.0. The molecule has 308 valence electrons.